The summed E-state index contributed by atoms with van der Waals surface area (Å²) in [5.74, 6) is -1.02. The number of carboxylic acid groups (broad SMARTS) is 1. The third-order valence-electron chi connectivity index (χ3n) is 4.11. The molecule has 0 spiro atoms. The van der Waals surface area contributed by atoms with Crippen molar-refractivity contribution in [2.45, 2.75) is 26.2 Å². The monoisotopic (exact) mass is 285 g/mol. The molecule has 0 saturated carbocycles. The highest BCUT2D eigenvalue weighted by molar-refractivity contribution is 5.84. The van der Waals surface area contributed by atoms with Crippen LogP contribution in [0.4, 0.5) is 4.79 Å². The van der Waals surface area contributed by atoms with Crippen molar-refractivity contribution in [1.29, 1.82) is 0 Å². The molecular formula is C13H23N3O4. The van der Waals surface area contributed by atoms with Crippen LogP contribution in [-0.2, 0) is 9.59 Å². The van der Waals surface area contributed by atoms with Gasteiger partial charge in [-0.2, -0.15) is 0 Å². The summed E-state index contributed by atoms with van der Waals surface area (Å²) < 4.78 is 0. The average Bonchev–Trinajstić information content (AvgIpc) is 2.46. The Morgan fingerprint density at radius 2 is 1.85 bits per heavy atom. The van der Waals surface area contributed by atoms with E-state index in [9.17, 15) is 19.5 Å². The highest BCUT2D eigenvalue weighted by atomic mass is 16.4. The van der Waals surface area contributed by atoms with Crippen LogP contribution in [-0.4, -0.2) is 66.5 Å². The highest BCUT2D eigenvalue weighted by Gasteiger charge is 2.41. The molecule has 0 atom stereocenters. The number of carbonyl (C=O) groups is 3. The number of likely N-dealkylation sites (tertiary alicyclic amines) is 1. The molecule has 1 aliphatic heterocycles. The van der Waals surface area contributed by atoms with E-state index in [1.165, 1.54) is 11.9 Å². The van der Waals surface area contributed by atoms with E-state index in [2.05, 4.69) is 5.32 Å². The molecule has 7 nitrogen and oxygen atoms in total. The fourth-order valence-corrected chi connectivity index (χ4v) is 2.45. The van der Waals surface area contributed by atoms with Gasteiger partial charge in [0.15, 0.2) is 0 Å². The molecule has 3 amide bonds. The van der Waals surface area contributed by atoms with Crippen molar-refractivity contribution in [3.8, 4) is 0 Å². The Kier molecular flexibility index (Phi) is 5.35. The van der Waals surface area contributed by atoms with Crippen molar-refractivity contribution in [2.75, 3.05) is 33.7 Å². The molecule has 1 fully saturated rings. The number of amides is 3. The molecule has 0 aromatic carbocycles. The molecule has 1 rings (SSSR count). The van der Waals surface area contributed by atoms with Crippen molar-refractivity contribution < 1.29 is 19.5 Å². The second kappa shape index (κ2) is 6.58. The van der Waals surface area contributed by atoms with Crippen LogP contribution in [0.25, 0.3) is 0 Å². The van der Waals surface area contributed by atoms with Crippen LogP contribution in [0.5, 0.6) is 0 Å². The maximum absolute atomic E-state index is 12.1. The van der Waals surface area contributed by atoms with Crippen LogP contribution >= 0.6 is 0 Å². The van der Waals surface area contributed by atoms with Crippen LogP contribution < -0.4 is 5.32 Å². The molecule has 114 valence electrons. The first-order valence-electron chi connectivity index (χ1n) is 6.80. The van der Waals surface area contributed by atoms with Crippen LogP contribution in [0, 0.1) is 5.41 Å². The number of rotatable bonds is 4. The number of nitrogens with one attached hydrogen (secondary N) is 1. The molecule has 7 heteroatoms. The Morgan fingerprint density at radius 1 is 1.30 bits per heavy atom. The van der Waals surface area contributed by atoms with E-state index in [-0.39, 0.29) is 18.5 Å². The standard InChI is InChI=1S/C13H23N3O4/c1-4-13(11(18)19)5-7-16(8-6-13)12(20)15(3)9-10(17)14-2/h4-9H2,1-3H3,(H,14,17)(H,18,19). The van der Waals surface area contributed by atoms with E-state index in [4.69, 9.17) is 0 Å². The molecule has 1 heterocycles. The van der Waals surface area contributed by atoms with Gasteiger partial charge in [0.2, 0.25) is 5.91 Å². The molecule has 0 radical (unpaired) electrons. The first-order valence-corrected chi connectivity index (χ1v) is 6.80. The number of carboxylic acids is 1. The lowest BCUT2D eigenvalue weighted by atomic mass is 9.76. The summed E-state index contributed by atoms with van der Waals surface area (Å²) in [4.78, 5) is 37.7. The van der Waals surface area contributed by atoms with Crippen LogP contribution in [0.3, 0.4) is 0 Å². The van der Waals surface area contributed by atoms with Gasteiger partial charge < -0.3 is 20.2 Å². The van der Waals surface area contributed by atoms with Gasteiger partial charge in [0, 0.05) is 27.2 Å². The number of carbonyl (C=O) groups excluding carboxylic acids is 2. The van der Waals surface area contributed by atoms with Crippen molar-refractivity contribution in [1.82, 2.24) is 15.1 Å². The zero-order valence-corrected chi connectivity index (χ0v) is 12.3. The van der Waals surface area contributed by atoms with Crippen LogP contribution in [0.15, 0.2) is 0 Å². The van der Waals surface area contributed by atoms with E-state index in [1.54, 1.807) is 11.9 Å². The Labute approximate surface area is 118 Å². The minimum atomic E-state index is -0.786. The summed E-state index contributed by atoms with van der Waals surface area (Å²) >= 11 is 0. The lowest BCUT2D eigenvalue weighted by Crippen LogP contribution is -2.51. The quantitative estimate of drug-likeness (QED) is 0.780. The predicted molar refractivity (Wildman–Crippen MR) is 73.3 cm³/mol. The van der Waals surface area contributed by atoms with Gasteiger partial charge in [0.25, 0.3) is 0 Å². The smallest absolute Gasteiger partial charge is 0.320 e. The zero-order chi connectivity index (χ0) is 15.3. The summed E-state index contributed by atoms with van der Waals surface area (Å²) in [5.41, 5.74) is -0.712. The summed E-state index contributed by atoms with van der Waals surface area (Å²) in [6, 6.07) is -0.233. The van der Waals surface area contributed by atoms with Gasteiger partial charge in [0.05, 0.1) is 5.41 Å². The maximum Gasteiger partial charge on any atom is 0.320 e. The Balaban J connectivity index is 2.58. The fraction of sp³-hybridized carbons (Fsp3) is 0.769. The summed E-state index contributed by atoms with van der Waals surface area (Å²) in [6.07, 6.45) is 1.48. The molecular weight excluding hydrogens is 262 g/mol. The molecule has 1 aliphatic rings. The second-order valence-corrected chi connectivity index (χ2v) is 5.24. The van der Waals surface area contributed by atoms with E-state index in [1.807, 2.05) is 6.92 Å². The molecule has 0 aromatic heterocycles. The van der Waals surface area contributed by atoms with Gasteiger partial charge >= 0.3 is 12.0 Å². The topological polar surface area (TPSA) is 90.0 Å². The molecule has 0 aliphatic carbocycles. The number of urea groups is 1. The van der Waals surface area contributed by atoms with Gasteiger partial charge in [-0.25, -0.2) is 4.79 Å². The van der Waals surface area contributed by atoms with Crippen LogP contribution in [0.1, 0.15) is 26.2 Å². The van der Waals surface area contributed by atoms with Gasteiger partial charge in [-0.05, 0) is 19.3 Å². The largest absolute Gasteiger partial charge is 0.481 e. The maximum atomic E-state index is 12.1. The summed E-state index contributed by atoms with van der Waals surface area (Å²) in [7, 11) is 3.08. The number of hydrogen-bond acceptors (Lipinski definition) is 3. The second-order valence-electron chi connectivity index (χ2n) is 5.24. The molecule has 1 saturated heterocycles. The molecule has 0 bridgehead atoms. The third-order valence-corrected chi connectivity index (χ3v) is 4.11. The first-order chi connectivity index (χ1) is 9.36. The molecule has 0 unspecified atom stereocenters. The third kappa shape index (κ3) is 3.40. The summed E-state index contributed by atoms with van der Waals surface area (Å²) in [6.45, 7) is 2.70. The normalized spacial score (nSPS) is 17.4. The van der Waals surface area contributed by atoms with Crippen molar-refractivity contribution in [2.24, 2.45) is 5.41 Å². The Morgan fingerprint density at radius 3 is 2.25 bits per heavy atom. The van der Waals surface area contributed by atoms with Gasteiger partial charge in [-0.1, -0.05) is 6.92 Å². The van der Waals surface area contributed by atoms with Gasteiger partial charge in [0.1, 0.15) is 6.54 Å². The van der Waals surface area contributed by atoms with Crippen molar-refractivity contribution >= 4 is 17.9 Å². The average molecular weight is 285 g/mol. The van der Waals surface area contributed by atoms with Crippen LogP contribution in [0.2, 0.25) is 0 Å². The first kappa shape index (κ1) is 16.3. The Hall–Kier alpha value is -1.79. The van der Waals surface area contributed by atoms with E-state index >= 15 is 0 Å². The summed E-state index contributed by atoms with van der Waals surface area (Å²) in [5, 5.41) is 11.8. The molecule has 2 N–H and O–H groups in total. The van der Waals surface area contributed by atoms with Crippen molar-refractivity contribution in [3.63, 3.8) is 0 Å². The number of aliphatic carboxylic acids is 1. The van der Waals surface area contributed by atoms with E-state index in [0.29, 0.717) is 32.4 Å². The van der Waals surface area contributed by atoms with E-state index in [0.717, 1.165) is 0 Å². The number of piperidine rings is 1. The SMILES string of the molecule is CCC1(C(=O)O)CCN(C(=O)N(C)CC(=O)NC)CC1. The minimum Gasteiger partial charge on any atom is -0.481 e. The van der Waals surface area contributed by atoms with Gasteiger partial charge in [-0.3, -0.25) is 9.59 Å². The van der Waals surface area contributed by atoms with Gasteiger partial charge in [-0.15, -0.1) is 0 Å². The minimum absolute atomic E-state index is 0.00366. The fourth-order valence-electron chi connectivity index (χ4n) is 2.45. The Bertz CT molecular complexity index is 389. The molecule has 20 heavy (non-hydrogen) atoms. The lowest BCUT2D eigenvalue weighted by molar-refractivity contribution is -0.152. The zero-order valence-electron chi connectivity index (χ0n) is 12.3. The van der Waals surface area contributed by atoms with Crippen molar-refractivity contribution in [3.05, 3.63) is 0 Å². The lowest BCUT2D eigenvalue weighted by Gasteiger charge is -2.39. The predicted octanol–water partition coefficient (Wildman–Crippen LogP) is 0.361. The van der Waals surface area contributed by atoms with E-state index < -0.39 is 11.4 Å². The highest BCUT2D eigenvalue weighted by Crippen LogP contribution is 2.35. The number of likely N-dealkylation sites (N-methyl/N-ethyl adjacent to an activating group) is 2. The number of hydrogen-bond donors (Lipinski definition) is 2. The molecule has 0 aromatic rings. The number of nitrogens with zero attached hydrogens (tertiary/aromatic N) is 2.